The maximum Gasteiger partial charge on any atom is 0.309 e. The number of amides is 1. The van der Waals surface area contributed by atoms with Crippen LogP contribution in [0.4, 0.5) is 0 Å². The van der Waals surface area contributed by atoms with Gasteiger partial charge in [-0.05, 0) is 33.1 Å². The molecule has 0 aliphatic heterocycles. The fraction of sp³-hybridized carbons (Fsp3) is 0.762. The van der Waals surface area contributed by atoms with Gasteiger partial charge in [0.15, 0.2) is 0 Å². The van der Waals surface area contributed by atoms with E-state index in [0.717, 1.165) is 23.4 Å². The quantitative estimate of drug-likeness (QED) is 0.327. The van der Waals surface area contributed by atoms with E-state index < -0.39 is 0 Å². The van der Waals surface area contributed by atoms with Gasteiger partial charge in [0.25, 0.3) is 0 Å². The summed E-state index contributed by atoms with van der Waals surface area (Å²) >= 11 is 0. The summed E-state index contributed by atoms with van der Waals surface area (Å²) in [5, 5.41) is 4.44. The Morgan fingerprint density at radius 2 is 1.87 bits per heavy atom. The number of hydrogen-bond acceptors (Lipinski definition) is 7. The first-order valence-electron chi connectivity index (χ1n) is 10.5. The number of nitrogens with zero attached hydrogens (tertiary/aromatic N) is 3. The molecule has 0 N–H and O–H groups in total. The van der Waals surface area contributed by atoms with Gasteiger partial charge in [-0.25, -0.2) is 0 Å². The van der Waals surface area contributed by atoms with Gasteiger partial charge in [0.1, 0.15) is 6.61 Å². The van der Waals surface area contributed by atoms with Crippen LogP contribution in [-0.4, -0.2) is 79.9 Å². The number of carbonyl (C=O) groups is 2. The van der Waals surface area contributed by atoms with Crippen molar-refractivity contribution in [1.29, 1.82) is 0 Å². The van der Waals surface area contributed by atoms with E-state index in [1.807, 2.05) is 25.6 Å². The van der Waals surface area contributed by atoms with Crippen molar-refractivity contribution in [3.05, 3.63) is 17.0 Å². The van der Waals surface area contributed by atoms with E-state index >= 15 is 0 Å². The highest BCUT2D eigenvalue weighted by atomic mass is 16.5. The van der Waals surface area contributed by atoms with Crippen LogP contribution in [-0.2, 0) is 42.1 Å². The van der Waals surface area contributed by atoms with Gasteiger partial charge in [-0.1, -0.05) is 0 Å². The van der Waals surface area contributed by atoms with Gasteiger partial charge in [0.05, 0.1) is 44.6 Å². The predicted octanol–water partition coefficient (Wildman–Crippen LogP) is 1.24. The van der Waals surface area contributed by atoms with Crippen molar-refractivity contribution in [2.45, 2.75) is 33.7 Å². The summed E-state index contributed by atoms with van der Waals surface area (Å²) in [5.41, 5.74) is 2.95. The zero-order valence-corrected chi connectivity index (χ0v) is 18.8. The van der Waals surface area contributed by atoms with Crippen LogP contribution in [0.15, 0.2) is 0 Å². The van der Waals surface area contributed by atoms with Gasteiger partial charge in [-0.2, -0.15) is 5.10 Å². The molecule has 1 aliphatic carbocycles. The number of aromatic nitrogens is 2. The standard InChI is InChI=1S/C21H35N3O6/c1-6-30-21(26)18-11-17(18)12-24(13-19-15(2)22-23(4)16(19)3)20(25)14-29-10-9-28-8-7-27-5/h17-18H,6-14H2,1-5H3/t17-,18+/m1/s1. The normalized spacial score (nSPS) is 17.8. The molecule has 2 atom stereocenters. The van der Waals surface area contributed by atoms with Gasteiger partial charge >= 0.3 is 5.97 Å². The van der Waals surface area contributed by atoms with Crippen molar-refractivity contribution in [3.63, 3.8) is 0 Å². The minimum Gasteiger partial charge on any atom is -0.466 e. The first-order valence-corrected chi connectivity index (χ1v) is 10.5. The summed E-state index contributed by atoms with van der Waals surface area (Å²) in [6, 6.07) is 0. The average Bonchev–Trinajstić information content (AvgIpc) is 3.44. The third-order valence-electron chi connectivity index (χ3n) is 5.36. The lowest BCUT2D eigenvalue weighted by Gasteiger charge is -2.23. The van der Waals surface area contributed by atoms with E-state index in [-0.39, 0.29) is 30.3 Å². The summed E-state index contributed by atoms with van der Waals surface area (Å²) in [5.74, 6) is -0.272. The Hall–Kier alpha value is -1.97. The molecule has 1 aromatic heterocycles. The van der Waals surface area contributed by atoms with Crippen LogP contribution in [0, 0.1) is 25.7 Å². The van der Waals surface area contributed by atoms with Crippen LogP contribution in [0.5, 0.6) is 0 Å². The van der Waals surface area contributed by atoms with Crippen LogP contribution in [0.25, 0.3) is 0 Å². The molecule has 170 valence electrons. The van der Waals surface area contributed by atoms with Gasteiger partial charge in [-0.3, -0.25) is 14.3 Å². The molecule has 9 nitrogen and oxygen atoms in total. The molecule has 9 heteroatoms. The Morgan fingerprint density at radius 3 is 2.50 bits per heavy atom. The summed E-state index contributed by atoms with van der Waals surface area (Å²) in [7, 11) is 3.51. The third kappa shape index (κ3) is 7.07. The fourth-order valence-electron chi connectivity index (χ4n) is 3.38. The number of aryl methyl sites for hydroxylation is 2. The number of ether oxygens (including phenoxy) is 4. The minimum absolute atomic E-state index is 0.0250. The SMILES string of the molecule is CCOC(=O)[C@H]1C[C@@H]1CN(Cc1c(C)nn(C)c1C)C(=O)COCCOCCOC. The highest BCUT2D eigenvalue weighted by Crippen LogP contribution is 2.40. The zero-order valence-electron chi connectivity index (χ0n) is 18.8. The van der Waals surface area contributed by atoms with E-state index in [1.54, 1.807) is 18.9 Å². The maximum absolute atomic E-state index is 12.9. The van der Waals surface area contributed by atoms with Crippen molar-refractivity contribution in [3.8, 4) is 0 Å². The number of rotatable bonds is 14. The monoisotopic (exact) mass is 425 g/mol. The van der Waals surface area contributed by atoms with E-state index in [9.17, 15) is 9.59 Å². The number of hydrogen-bond donors (Lipinski definition) is 0. The minimum atomic E-state index is -0.173. The van der Waals surface area contributed by atoms with Crippen molar-refractivity contribution in [2.75, 3.05) is 53.3 Å². The van der Waals surface area contributed by atoms with Gasteiger partial charge in [0, 0.05) is 38.5 Å². The predicted molar refractivity (Wildman–Crippen MR) is 110 cm³/mol. The highest BCUT2D eigenvalue weighted by Gasteiger charge is 2.45. The molecule has 0 radical (unpaired) electrons. The number of esters is 1. The Labute approximate surface area is 178 Å². The van der Waals surface area contributed by atoms with Crippen LogP contribution in [0.3, 0.4) is 0 Å². The van der Waals surface area contributed by atoms with E-state index in [4.69, 9.17) is 18.9 Å². The average molecular weight is 426 g/mol. The molecule has 1 aliphatic rings. The molecular formula is C21H35N3O6. The van der Waals surface area contributed by atoms with Crippen molar-refractivity contribution < 1.29 is 28.5 Å². The third-order valence-corrected chi connectivity index (χ3v) is 5.36. The maximum atomic E-state index is 12.9. The molecule has 1 amide bonds. The molecule has 1 fully saturated rings. The lowest BCUT2D eigenvalue weighted by atomic mass is 10.1. The Balaban J connectivity index is 1.92. The van der Waals surface area contributed by atoms with Gasteiger partial charge < -0.3 is 23.8 Å². The van der Waals surface area contributed by atoms with Crippen LogP contribution < -0.4 is 0 Å². The summed E-state index contributed by atoms with van der Waals surface area (Å²) in [4.78, 5) is 26.6. The van der Waals surface area contributed by atoms with E-state index in [1.165, 1.54) is 0 Å². The number of methoxy groups -OCH3 is 1. The zero-order chi connectivity index (χ0) is 22.1. The topological polar surface area (TPSA) is 92.1 Å². The molecule has 0 bridgehead atoms. The van der Waals surface area contributed by atoms with Gasteiger partial charge in [-0.15, -0.1) is 0 Å². The fourth-order valence-corrected chi connectivity index (χ4v) is 3.38. The Morgan fingerprint density at radius 1 is 1.17 bits per heavy atom. The lowest BCUT2D eigenvalue weighted by Crippen LogP contribution is -2.36. The van der Waals surface area contributed by atoms with Gasteiger partial charge in [0.2, 0.25) is 5.91 Å². The summed E-state index contributed by atoms with van der Waals surface area (Å²) < 4.78 is 22.7. The molecule has 1 heterocycles. The van der Waals surface area contributed by atoms with Crippen LogP contribution in [0.1, 0.15) is 30.3 Å². The first-order chi connectivity index (χ1) is 14.4. The van der Waals surface area contributed by atoms with E-state index in [0.29, 0.717) is 46.1 Å². The molecule has 1 aromatic rings. The van der Waals surface area contributed by atoms with Crippen molar-refractivity contribution in [2.24, 2.45) is 18.9 Å². The second kappa shape index (κ2) is 12.0. The van der Waals surface area contributed by atoms with Crippen LogP contribution in [0.2, 0.25) is 0 Å². The van der Waals surface area contributed by atoms with Crippen molar-refractivity contribution in [1.82, 2.24) is 14.7 Å². The molecule has 0 unspecified atom stereocenters. The first kappa shape index (κ1) is 24.3. The second-order valence-corrected chi connectivity index (χ2v) is 7.56. The lowest BCUT2D eigenvalue weighted by molar-refractivity contribution is -0.145. The highest BCUT2D eigenvalue weighted by molar-refractivity contribution is 5.78. The molecule has 30 heavy (non-hydrogen) atoms. The molecule has 0 aromatic carbocycles. The summed E-state index contributed by atoms with van der Waals surface area (Å²) in [6.45, 7) is 8.80. The van der Waals surface area contributed by atoms with Crippen molar-refractivity contribution >= 4 is 11.9 Å². The largest absolute Gasteiger partial charge is 0.466 e. The molecule has 0 spiro atoms. The van der Waals surface area contributed by atoms with E-state index in [2.05, 4.69) is 5.10 Å². The molecule has 0 saturated heterocycles. The molecule has 1 saturated carbocycles. The Kier molecular flexibility index (Phi) is 9.74. The molecular weight excluding hydrogens is 390 g/mol. The molecule has 2 rings (SSSR count). The summed E-state index contributed by atoms with van der Waals surface area (Å²) in [6.07, 6.45) is 0.752. The number of carbonyl (C=O) groups excluding carboxylic acids is 2. The van der Waals surface area contributed by atoms with Crippen LogP contribution >= 0.6 is 0 Å². The Bertz CT molecular complexity index is 705. The second-order valence-electron chi connectivity index (χ2n) is 7.56. The smallest absolute Gasteiger partial charge is 0.309 e.